The van der Waals surface area contributed by atoms with Crippen LogP contribution in [0.2, 0.25) is 0 Å². The number of hydrogen-bond acceptors (Lipinski definition) is 2. The molecular weight excluding hydrogens is 236 g/mol. The zero-order chi connectivity index (χ0) is 13.7. The van der Waals surface area contributed by atoms with Crippen molar-refractivity contribution >= 4 is 0 Å². The lowest BCUT2D eigenvalue weighted by Gasteiger charge is -2.27. The topological polar surface area (TPSA) is 21.3 Å². The normalized spacial score (nSPS) is 14.6. The number of likely N-dealkylation sites (N-methyl/N-ethyl adjacent to an activating group) is 1. The maximum atomic E-state index is 14.1. The Balaban J connectivity index is 3.19. The highest BCUT2D eigenvalue weighted by atomic mass is 19.1. The van der Waals surface area contributed by atoms with E-state index in [-0.39, 0.29) is 11.7 Å². The summed E-state index contributed by atoms with van der Waals surface area (Å²) in [7, 11) is 1.69. The first-order valence-corrected chi connectivity index (χ1v) is 6.30. The molecule has 0 aliphatic carbocycles. The van der Waals surface area contributed by atoms with Crippen molar-refractivity contribution in [3.8, 4) is 0 Å². The summed E-state index contributed by atoms with van der Waals surface area (Å²) in [5, 5.41) is 2.96. The molecule has 0 aromatic heterocycles. The van der Waals surface area contributed by atoms with Gasteiger partial charge in [-0.25, -0.2) is 8.78 Å². The van der Waals surface area contributed by atoms with Crippen molar-refractivity contribution in [3.05, 3.63) is 34.9 Å². The van der Waals surface area contributed by atoms with Gasteiger partial charge < -0.3 is 10.1 Å². The van der Waals surface area contributed by atoms with Gasteiger partial charge in [0.05, 0.1) is 12.1 Å². The third kappa shape index (κ3) is 3.06. The van der Waals surface area contributed by atoms with E-state index in [1.165, 1.54) is 12.1 Å². The first kappa shape index (κ1) is 15.1. The lowest BCUT2D eigenvalue weighted by Crippen LogP contribution is -2.33. The van der Waals surface area contributed by atoms with Gasteiger partial charge in [0.25, 0.3) is 0 Å². The van der Waals surface area contributed by atoms with Crippen molar-refractivity contribution in [2.24, 2.45) is 0 Å². The maximum Gasteiger partial charge on any atom is 0.133 e. The van der Waals surface area contributed by atoms with Gasteiger partial charge in [-0.15, -0.1) is 0 Å². The number of aryl methyl sites for hydroxylation is 1. The average Bonchev–Trinajstić information content (AvgIpc) is 2.37. The second kappa shape index (κ2) is 6.81. The molecule has 1 rings (SSSR count). The Labute approximate surface area is 107 Å². The fourth-order valence-electron chi connectivity index (χ4n) is 2.14. The van der Waals surface area contributed by atoms with Crippen LogP contribution in [0.15, 0.2) is 12.1 Å². The average molecular weight is 257 g/mol. The molecule has 0 fully saturated rings. The van der Waals surface area contributed by atoms with E-state index in [0.29, 0.717) is 18.6 Å². The van der Waals surface area contributed by atoms with Gasteiger partial charge in [0, 0.05) is 12.2 Å². The summed E-state index contributed by atoms with van der Waals surface area (Å²) in [6, 6.07) is 2.27. The Bertz CT molecular complexity index is 396. The lowest BCUT2D eigenvalue weighted by atomic mass is 9.96. The number of ether oxygens (including phenoxy) is 1. The van der Waals surface area contributed by atoms with Gasteiger partial charge in [-0.3, -0.25) is 0 Å². The Morgan fingerprint density at radius 1 is 1.28 bits per heavy atom. The molecule has 1 N–H and O–H groups in total. The summed E-state index contributed by atoms with van der Waals surface area (Å²) in [5.41, 5.74) is 0.510. The molecule has 0 aliphatic heterocycles. The minimum atomic E-state index is -0.532. The summed E-state index contributed by atoms with van der Waals surface area (Å²) in [6.07, 6.45) is 0.442. The maximum absolute atomic E-state index is 14.1. The summed E-state index contributed by atoms with van der Waals surface area (Å²) in [5.74, 6) is -1.02. The Morgan fingerprint density at radius 3 is 2.44 bits per heavy atom. The van der Waals surface area contributed by atoms with E-state index in [4.69, 9.17) is 4.74 Å². The van der Waals surface area contributed by atoms with Crippen LogP contribution in [0.5, 0.6) is 0 Å². The number of halogens is 2. The van der Waals surface area contributed by atoms with Crippen LogP contribution in [-0.2, 0) is 4.74 Å². The van der Waals surface area contributed by atoms with Crippen molar-refractivity contribution in [2.75, 3.05) is 13.7 Å². The second-order valence-corrected chi connectivity index (χ2v) is 4.26. The Kier molecular flexibility index (Phi) is 5.69. The van der Waals surface area contributed by atoms with E-state index < -0.39 is 17.7 Å². The third-order valence-electron chi connectivity index (χ3n) is 3.10. The van der Waals surface area contributed by atoms with Crippen LogP contribution < -0.4 is 5.32 Å². The van der Waals surface area contributed by atoms with Crippen molar-refractivity contribution in [3.63, 3.8) is 0 Å². The summed E-state index contributed by atoms with van der Waals surface area (Å²) < 4.78 is 33.5. The fraction of sp³-hybridized carbons (Fsp3) is 0.571. The SMILES string of the molecule is CCOC(CC)C(NC)c1c(F)ccc(C)c1F. The highest BCUT2D eigenvalue weighted by Gasteiger charge is 2.27. The molecule has 18 heavy (non-hydrogen) atoms. The van der Waals surface area contributed by atoms with Gasteiger partial charge in [-0.1, -0.05) is 13.0 Å². The van der Waals surface area contributed by atoms with Gasteiger partial charge in [0.15, 0.2) is 0 Å². The molecule has 1 aromatic carbocycles. The number of nitrogens with one attached hydrogen (secondary N) is 1. The second-order valence-electron chi connectivity index (χ2n) is 4.26. The lowest BCUT2D eigenvalue weighted by molar-refractivity contribution is 0.0315. The highest BCUT2D eigenvalue weighted by Crippen LogP contribution is 2.28. The molecule has 1 aromatic rings. The summed E-state index contributed by atoms with van der Waals surface area (Å²) in [4.78, 5) is 0. The molecule has 0 radical (unpaired) electrons. The molecule has 0 saturated carbocycles. The monoisotopic (exact) mass is 257 g/mol. The summed E-state index contributed by atoms with van der Waals surface area (Å²) in [6.45, 7) is 5.97. The molecule has 0 saturated heterocycles. The van der Waals surface area contributed by atoms with Crippen LogP contribution in [0, 0.1) is 18.6 Å². The van der Waals surface area contributed by atoms with Crippen LogP contribution >= 0.6 is 0 Å². The zero-order valence-corrected chi connectivity index (χ0v) is 11.4. The van der Waals surface area contributed by atoms with E-state index in [9.17, 15) is 8.78 Å². The molecule has 0 amide bonds. The Morgan fingerprint density at radius 2 is 1.94 bits per heavy atom. The zero-order valence-electron chi connectivity index (χ0n) is 11.4. The van der Waals surface area contributed by atoms with Crippen molar-refractivity contribution < 1.29 is 13.5 Å². The molecule has 2 nitrogen and oxygen atoms in total. The van der Waals surface area contributed by atoms with E-state index >= 15 is 0 Å². The fourth-order valence-corrected chi connectivity index (χ4v) is 2.14. The minimum Gasteiger partial charge on any atom is -0.377 e. The van der Waals surface area contributed by atoms with E-state index in [0.717, 1.165) is 0 Å². The first-order chi connectivity index (χ1) is 8.56. The smallest absolute Gasteiger partial charge is 0.133 e. The van der Waals surface area contributed by atoms with Crippen molar-refractivity contribution in [1.82, 2.24) is 5.32 Å². The highest BCUT2D eigenvalue weighted by molar-refractivity contribution is 5.30. The minimum absolute atomic E-state index is 0.0674. The quantitative estimate of drug-likeness (QED) is 0.844. The molecule has 0 aliphatic rings. The number of benzene rings is 1. The van der Waals surface area contributed by atoms with Gasteiger partial charge in [0.2, 0.25) is 0 Å². The number of hydrogen-bond donors (Lipinski definition) is 1. The van der Waals surface area contributed by atoms with Crippen molar-refractivity contribution in [1.29, 1.82) is 0 Å². The molecule has 0 spiro atoms. The molecule has 2 atom stereocenters. The number of rotatable bonds is 6. The Hall–Kier alpha value is -1.00. The van der Waals surface area contributed by atoms with E-state index in [1.807, 2.05) is 13.8 Å². The van der Waals surface area contributed by atoms with Crippen LogP contribution in [0.4, 0.5) is 8.78 Å². The van der Waals surface area contributed by atoms with Gasteiger partial charge in [-0.05, 0) is 38.9 Å². The third-order valence-corrected chi connectivity index (χ3v) is 3.10. The molecule has 4 heteroatoms. The molecule has 102 valence electrons. The largest absolute Gasteiger partial charge is 0.377 e. The van der Waals surface area contributed by atoms with E-state index in [2.05, 4.69) is 5.32 Å². The molecule has 0 bridgehead atoms. The predicted molar refractivity (Wildman–Crippen MR) is 68.6 cm³/mol. The molecule has 2 unspecified atom stereocenters. The first-order valence-electron chi connectivity index (χ1n) is 6.30. The molecule has 0 heterocycles. The molecular formula is C14H21F2NO. The van der Waals surface area contributed by atoms with Crippen molar-refractivity contribution in [2.45, 2.75) is 39.3 Å². The van der Waals surface area contributed by atoms with Gasteiger partial charge in [-0.2, -0.15) is 0 Å². The van der Waals surface area contributed by atoms with Crippen LogP contribution in [0.3, 0.4) is 0 Å². The van der Waals surface area contributed by atoms with Crippen LogP contribution in [0.25, 0.3) is 0 Å². The standard InChI is InChI=1S/C14H21F2NO/c1-5-11(18-6-2)14(17-4)12-10(15)8-7-9(3)13(12)16/h7-8,11,14,17H,5-6H2,1-4H3. The van der Waals surface area contributed by atoms with Gasteiger partial charge >= 0.3 is 0 Å². The van der Waals surface area contributed by atoms with Crippen LogP contribution in [-0.4, -0.2) is 19.8 Å². The van der Waals surface area contributed by atoms with Crippen LogP contribution in [0.1, 0.15) is 37.4 Å². The van der Waals surface area contributed by atoms with Gasteiger partial charge in [0.1, 0.15) is 11.6 Å². The summed E-state index contributed by atoms with van der Waals surface area (Å²) >= 11 is 0. The predicted octanol–water partition coefficient (Wildman–Crippen LogP) is 3.35. The van der Waals surface area contributed by atoms with E-state index in [1.54, 1.807) is 14.0 Å².